The zero-order valence-electron chi connectivity index (χ0n) is 16.5. The van der Waals surface area contributed by atoms with E-state index >= 15 is 0 Å². The van der Waals surface area contributed by atoms with Crippen LogP contribution in [0, 0.1) is 5.92 Å². The highest BCUT2D eigenvalue weighted by molar-refractivity contribution is 4.55. The Kier molecular flexibility index (Phi) is 19.1. The average Bonchev–Trinajstić information content (AvgIpc) is 2.59. The van der Waals surface area contributed by atoms with E-state index in [0.717, 1.165) is 12.3 Å². The summed E-state index contributed by atoms with van der Waals surface area (Å²) in [6, 6.07) is 0. The Morgan fingerprint density at radius 3 is 1.79 bits per heavy atom. The molecule has 0 aliphatic rings. The van der Waals surface area contributed by atoms with Crippen molar-refractivity contribution in [1.29, 1.82) is 0 Å². The molecule has 0 amide bonds. The van der Waals surface area contributed by atoms with Gasteiger partial charge in [0.05, 0.1) is 13.2 Å². The van der Waals surface area contributed by atoms with Crippen LogP contribution in [0.4, 0.5) is 0 Å². The van der Waals surface area contributed by atoms with Gasteiger partial charge in [-0.1, -0.05) is 97.3 Å². The van der Waals surface area contributed by atoms with Crippen molar-refractivity contribution in [2.45, 2.75) is 110 Å². The van der Waals surface area contributed by atoms with Crippen LogP contribution in [-0.4, -0.2) is 36.1 Å². The van der Waals surface area contributed by atoms with Crippen molar-refractivity contribution in [2.24, 2.45) is 5.92 Å². The first-order chi connectivity index (χ1) is 11.7. The number of ether oxygens (including phenoxy) is 1. The Hall–Kier alpha value is -0.120. The van der Waals surface area contributed by atoms with Crippen LogP contribution in [0.5, 0.6) is 0 Å². The van der Waals surface area contributed by atoms with Gasteiger partial charge >= 0.3 is 0 Å². The molecule has 0 aromatic rings. The minimum absolute atomic E-state index is 0.211. The molecular weight excluding hydrogens is 300 g/mol. The summed E-state index contributed by atoms with van der Waals surface area (Å²) in [6.07, 6.45) is 18.2. The van der Waals surface area contributed by atoms with E-state index in [9.17, 15) is 0 Å². The predicted molar refractivity (Wildman–Crippen MR) is 103 cm³/mol. The normalized spacial score (nSPS) is 14.0. The Bertz CT molecular complexity index is 233. The number of aliphatic hydroxyl groups is 2. The van der Waals surface area contributed by atoms with Crippen molar-refractivity contribution >= 4 is 0 Å². The van der Waals surface area contributed by atoms with Gasteiger partial charge < -0.3 is 14.9 Å². The number of hydrogen-bond donors (Lipinski definition) is 2. The van der Waals surface area contributed by atoms with E-state index in [2.05, 4.69) is 13.8 Å². The van der Waals surface area contributed by atoms with E-state index in [1.54, 1.807) is 0 Å². The smallest absolute Gasteiger partial charge is 0.100 e. The lowest BCUT2D eigenvalue weighted by atomic mass is 9.96. The van der Waals surface area contributed by atoms with Gasteiger partial charge in [-0.15, -0.1) is 0 Å². The third kappa shape index (κ3) is 18.2. The summed E-state index contributed by atoms with van der Waals surface area (Å²) in [6.45, 7) is 5.45. The van der Waals surface area contributed by atoms with Crippen LogP contribution >= 0.6 is 0 Å². The zero-order chi connectivity index (χ0) is 17.9. The van der Waals surface area contributed by atoms with Gasteiger partial charge in [0.2, 0.25) is 0 Å². The summed E-state index contributed by atoms with van der Waals surface area (Å²) >= 11 is 0. The van der Waals surface area contributed by atoms with E-state index in [1.165, 1.54) is 83.5 Å². The van der Waals surface area contributed by atoms with Gasteiger partial charge in [0, 0.05) is 6.61 Å². The van der Waals surface area contributed by atoms with Crippen LogP contribution in [0.2, 0.25) is 0 Å². The SMILES string of the molecule is CCCCCCC(C)CCCCCCCCCCOCC(O)CO. The van der Waals surface area contributed by atoms with Gasteiger partial charge in [0.1, 0.15) is 6.10 Å². The summed E-state index contributed by atoms with van der Waals surface area (Å²) < 4.78 is 5.30. The van der Waals surface area contributed by atoms with Crippen molar-refractivity contribution in [2.75, 3.05) is 19.8 Å². The summed E-state index contributed by atoms with van der Waals surface area (Å²) in [5.41, 5.74) is 0. The fourth-order valence-corrected chi connectivity index (χ4v) is 3.09. The van der Waals surface area contributed by atoms with E-state index in [0.29, 0.717) is 6.61 Å². The maximum atomic E-state index is 9.12. The molecule has 0 rings (SSSR count). The largest absolute Gasteiger partial charge is 0.394 e. The van der Waals surface area contributed by atoms with Gasteiger partial charge in [-0.25, -0.2) is 0 Å². The maximum absolute atomic E-state index is 9.12. The third-order valence-corrected chi connectivity index (χ3v) is 4.81. The molecular formula is C21H44O3. The van der Waals surface area contributed by atoms with Crippen LogP contribution in [0.15, 0.2) is 0 Å². The van der Waals surface area contributed by atoms with Gasteiger partial charge in [-0.2, -0.15) is 0 Å². The molecule has 24 heavy (non-hydrogen) atoms. The van der Waals surface area contributed by atoms with E-state index < -0.39 is 6.10 Å². The highest BCUT2D eigenvalue weighted by Crippen LogP contribution is 2.18. The molecule has 2 unspecified atom stereocenters. The van der Waals surface area contributed by atoms with Crippen molar-refractivity contribution in [3.05, 3.63) is 0 Å². The lowest BCUT2D eigenvalue weighted by molar-refractivity contribution is 0.00526. The summed E-state index contributed by atoms with van der Waals surface area (Å²) in [7, 11) is 0. The molecule has 2 N–H and O–H groups in total. The van der Waals surface area contributed by atoms with Crippen molar-refractivity contribution in [3.8, 4) is 0 Å². The highest BCUT2D eigenvalue weighted by Gasteiger charge is 2.02. The molecule has 0 heterocycles. The molecule has 0 spiro atoms. The van der Waals surface area contributed by atoms with Crippen LogP contribution in [0.3, 0.4) is 0 Å². The molecule has 0 aromatic heterocycles. The first kappa shape index (κ1) is 23.9. The van der Waals surface area contributed by atoms with Crippen LogP contribution < -0.4 is 0 Å². The fourth-order valence-electron chi connectivity index (χ4n) is 3.09. The van der Waals surface area contributed by atoms with Gasteiger partial charge in [0.15, 0.2) is 0 Å². The maximum Gasteiger partial charge on any atom is 0.100 e. The minimum atomic E-state index is -0.718. The third-order valence-electron chi connectivity index (χ3n) is 4.81. The summed E-state index contributed by atoms with van der Waals surface area (Å²) in [5, 5.41) is 17.8. The standard InChI is InChI=1S/C21H44O3/c1-3-4-5-12-15-20(2)16-13-10-8-6-7-9-11-14-17-24-19-21(23)18-22/h20-23H,3-19H2,1-2H3. The first-order valence-electron chi connectivity index (χ1n) is 10.6. The molecule has 0 bridgehead atoms. The molecule has 0 radical (unpaired) electrons. The second-order valence-corrected chi connectivity index (χ2v) is 7.48. The zero-order valence-corrected chi connectivity index (χ0v) is 16.5. The highest BCUT2D eigenvalue weighted by atomic mass is 16.5. The monoisotopic (exact) mass is 344 g/mol. The predicted octanol–water partition coefficient (Wildman–Crippen LogP) is 5.47. The molecule has 146 valence electrons. The summed E-state index contributed by atoms with van der Waals surface area (Å²) in [4.78, 5) is 0. The van der Waals surface area contributed by atoms with Crippen molar-refractivity contribution in [1.82, 2.24) is 0 Å². The van der Waals surface area contributed by atoms with E-state index in [-0.39, 0.29) is 13.2 Å². The minimum Gasteiger partial charge on any atom is -0.394 e. The molecule has 3 nitrogen and oxygen atoms in total. The number of aliphatic hydroxyl groups excluding tert-OH is 2. The summed E-state index contributed by atoms with van der Waals surface area (Å²) in [5.74, 6) is 0.922. The van der Waals surface area contributed by atoms with Crippen molar-refractivity contribution in [3.63, 3.8) is 0 Å². The van der Waals surface area contributed by atoms with E-state index in [1.807, 2.05) is 0 Å². The fraction of sp³-hybridized carbons (Fsp3) is 1.00. The average molecular weight is 345 g/mol. The first-order valence-corrected chi connectivity index (χ1v) is 10.6. The van der Waals surface area contributed by atoms with Crippen molar-refractivity contribution < 1.29 is 14.9 Å². The van der Waals surface area contributed by atoms with Crippen LogP contribution in [0.25, 0.3) is 0 Å². The second-order valence-electron chi connectivity index (χ2n) is 7.48. The van der Waals surface area contributed by atoms with Crippen LogP contribution in [0.1, 0.15) is 104 Å². The quantitative estimate of drug-likeness (QED) is 0.305. The lowest BCUT2D eigenvalue weighted by Crippen LogP contribution is -2.19. The lowest BCUT2D eigenvalue weighted by Gasteiger charge is -2.10. The number of hydrogen-bond acceptors (Lipinski definition) is 3. The molecule has 3 heteroatoms. The molecule has 0 saturated heterocycles. The number of rotatable bonds is 19. The Balaban J connectivity index is 3.12. The molecule has 0 aliphatic heterocycles. The molecule has 0 fully saturated rings. The molecule has 0 aliphatic carbocycles. The van der Waals surface area contributed by atoms with Gasteiger partial charge in [-0.3, -0.25) is 0 Å². The molecule has 0 saturated carbocycles. The topological polar surface area (TPSA) is 49.7 Å². The van der Waals surface area contributed by atoms with E-state index in [4.69, 9.17) is 14.9 Å². The Morgan fingerprint density at radius 2 is 1.25 bits per heavy atom. The number of unbranched alkanes of at least 4 members (excludes halogenated alkanes) is 10. The Morgan fingerprint density at radius 1 is 0.750 bits per heavy atom. The second kappa shape index (κ2) is 19.2. The van der Waals surface area contributed by atoms with Gasteiger partial charge in [0.25, 0.3) is 0 Å². The molecule has 0 aromatic carbocycles. The van der Waals surface area contributed by atoms with Crippen LogP contribution in [-0.2, 0) is 4.74 Å². The van der Waals surface area contributed by atoms with Gasteiger partial charge in [-0.05, 0) is 12.3 Å². The Labute approximate surface area is 151 Å². The molecule has 2 atom stereocenters.